The molecule has 2 aromatic heterocycles. The van der Waals surface area contributed by atoms with E-state index in [2.05, 4.69) is 30.0 Å². The highest BCUT2D eigenvalue weighted by atomic mass is 19.2. The molecule has 0 unspecified atom stereocenters. The Balaban J connectivity index is 0.860. The van der Waals surface area contributed by atoms with Crippen LogP contribution in [0, 0.1) is 23.3 Å². The van der Waals surface area contributed by atoms with E-state index in [1.54, 1.807) is 18.3 Å². The summed E-state index contributed by atoms with van der Waals surface area (Å²) in [5.41, 5.74) is 8.85. The molecule has 3 heterocycles. The Bertz CT molecular complexity index is 2200. The number of nitrogens with zero attached hydrogens (tertiary/aromatic N) is 5. The summed E-state index contributed by atoms with van der Waals surface area (Å²) in [6.07, 6.45) is 6.81. The van der Waals surface area contributed by atoms with Crippen molar-refractivity contribution in [1.29, 1.82) is 0 Å². The number of hydrogen-bond acceptors (Lipinski definition) is 20. The third kappa shape index (κ3) is 24.3. The maximum atomic E-state index is 13.6. The van der Waals surface area contributed by atoms with Gasteiger partial charge in [-0.3, -0.25) is 24.2 Å². The van der Waals surface area contributed by atoms with Gasteiger partial charge in [0.15, 0.2) is 11.6 Å². The van der Waals surface area contributed by atoms with Gasteiger partial charge in [0.1, 0.15) is 5.84 Å². The molecular weight excluding hydrogens is 1000 g/mol. The van der Waals surface area contributed by atoms with Crippen molar-refractivity contribution in [1.82, 2.24) is 25.3 Å². The topological polar surface area (TPSA) is 254 Å². The number of amides is 2. The predicted octanol–water partition coefficient (Wildman–Crippen LogP) is 3.95. The molecule has 0 atom stereocenters. The number of rotatable bonds is 41. The molecule has 0 aliphatic carbocycles. The van der Waals surface area contributed by atoms with Gasteiger partial charge in [0, 0.05) is 60.9 Å². The molecule has 26 heteroatoms. The second-order valence-corrected chi connectivity index (χ2v) is 15.6. The Morgan fingerprint density at radius 3 is 1.53 bits per heavy atom. The zero-order valence-corrected chi connectivity index (χ0v) is 42.3. The maximum Gasteiger partial charge on any atom is 0.313 e. The molecule has 22 nitrogen and oxygen atoms in total. The lowest BCUT2D eigenvalue weighted by molar-refractivity contribution is -0.180. The van der Waals surface area contributed by atoms with E-state index >= 15 is 0 Å². The van der Waals surface area contributed by atoms with E-state index in [-0.39, 0.29) is 69.6 Å². The summed E-state index contributed by atoms with van der Waals surface area (Å²) < 4.78 is 112. The number of carbonyl (C=O) groups excluding carboxylic acids is 3. The van der Waals surface area contributed by atoms with Gasteiger partial charge in [-0.25, -0.2) is 28.8 Å². The Morgan fingerprint density at radius 1 is 0.613 bits per heavy atom. The van der Waals surface area contributed by atoms with Crippen LogP contribution in [0.3, 0.4) is 0 Å². The van der Waals surface area contributed by atoms with Gasteiger partial charge >= 0.3 is 5.97 Å². The summed E-state index contributed by atoms with van der Waals surface area (Å²) in [5, 5.41) is 4.06. The third-order valence-corrected chi connectivity index (χ3v) is 9.86. The molecule has 0 saturated heterocycles. The number of fused-ring (bicyclic) bond motifs is 1. The number of nitrogens with one attached hydrogen (secondary N) is 1. The molecule has 0 saturated carbocycles. The molecule has 0 bridgehead atoms. The number of benzene rings is 1. The number of halogens is 4. The highest BCUT2D eigenvalue weighted by Gasteiger charge is 2.24. The van der Waals surface area contributed by atoms with Crippen molar-refractivity contribution in [3.05, 3.63) is 71.1 Å². The summed E-state index contributed by atoms with van der Waals surface area (Å²) >= 11 is 0. The van der Waals surface area contributed by atoms with Crippen molar-refractivity contribution < 1.29 is 88.9 Å². The van der Waals surface area contributed by atoms with Crippen LogP contribution >= 0.6 is 0 Å². The van der Waals surface area contributed by atoms with Gasteiger partial charge < -0.3 is 63.2 Å². The number of nitrogens with two attached hydrogens (primary N) is 1. The van der Waals surface area contributed by atoms with Gasteiger partial charge in [-0.2, -0.15) is 8.78 Å². The van der Waals surface area contributed by atoms with E-state index in [0.717, 1.165) is 6.42 Å². The van der Waals surface area contributed by atoms with Crippen molar-refractivity contribution in [2.24, 2.45) is 10.7 Å². The zero-order chi connectivity index (χ0) is 53.9. The largest absolute Gasteiger partial charge is 0.420 e. The number of aromatic nitrogens is 3. The first kappa shape index (κ1) is 61.9. The highest BCUT2D eigenvalue weighted by Crippen LogP contribution is 2.30. The highest BCUT2D eigenvalue weighted by molar-refractivity contribution is 6.05. The monoisotopic (exact) mass is 1070 g/mol. The van der Waals surface area contributed by atoms with Crippen LogP contribution in [0.1, 0.15) is 49.4 Å². The number of esters is 1. The molecule has 0 spiro atoms. The number of hydroxylamine groups is 2. The SMILES string of the molecule is CCCN(OCC)C(=O)C1=Cc2ncc(-c3cnc(C(=O)NCCOCCOCCOCCOCCOCCOCCOCCOCCOCCOCCC(=O)Oc4c(F)c(F)cc(F)c4F)nc3)cc2N=C(N)C1. The molecule has 1 aliphatic rings. The molecule has 1 aromatic carbocycles. The first-order valence-electron chi connectivity index (χ1n) is 24.4. The van der Waals surface area contributed by atoms with Crippen molar-refractivity contribution >= 4 is 35.4 Å². The van der Waals surface area contributed by atoms with Gasteiger partial charge in [-0.1, -0.05) is 6.92 Å². The van der Waals surface area contributed by atoms with Gasteiger partial charge in [0.2, 0.25) is 23.2 Å². The second kappa shape index (κ2) is 37.2. The van der Waals surface area contributed by atoms with Crippen molar-refractivity contribution in [2.75, 3.05) is 152 Å². The first-order chi connectivity index (χ1) is 36.5. The maximum absolute atomic E-state index is 13.6. The summed E-state index contributed by atoms with van der Waals surface area (Å²) in [4.78, 5) is 60.4. The number of hydrogen-bond donors (Lipinski definition) is 2. The van der Waals surface area contributed by atoms with Crippen LogP contribution < -0.4 is 15.8 Å². The first-order valence-corrected chi connectivity index (χ1v) is 24.4. The van der Waals surface area contributed by atoms with Gasteiger partial charge in [0.05, 0.1) is 157 Å². The van der Waals surface area contributed by atoms with Gasteiger partial charge in [0.25, 0.3) is 11.8 Å². The molecular formula is C49H67F4N7O15. The molecule has 0 fully saturated rings. The fourth-order valence-electron chi connectivity index (χ4n) is 6.26. The Labute approximate surface area is 432 Å². The lowest BCUT2D eigenvalue weighted by Crippen LogP contribution is -2.34. The quantitative estimate of drug-likeness (QED) is 0.0204. The standard InChI is InChI=1S/C49H67F4N7O15/c1-3-7-60(74-4-2)49(63)35-28-40-41(59-42(54)30-35)29-36(32-56-40)37-33-57-47(58-34-37)48(62)55-6-9-65-11-13-67-15-17-69-19-21-71-23-25-73-27-26-72-24-22-70-20-18-68-16-14-66-12-10-64-8-5-43(61)75-46-44(52)38(50)31-39(51)45(46)53/h28-29,31-34H,3-27,30H2,1-2H3,(H2,54,59)(H,55,62). The molecule has 3 aromatic rings. The zero-order valence-electron chi connectivity index (χ0n) is 42.3. The van der Waals surface area contributed by atoms with E-state index in [1.807, 2.05) is 13.8 Å². The van der Waals surface area contributed by atoms with Crippen molar-refractivity contribution in [2.45, 2.75) is 33.1 Å². The molecule has 416 valence electrons. The fourth-order valence-corrected chi connectivity index (χ4v) is 6.26. The predicted molar refractivity (Wildman–Crippen MR) is 260 cm³/mol. The average Bonchev–Trinajstić information content (AvgIpc) is 3.57. The minimum Gasteiger partial charge on any atom is -0.420 e. The van der Waals surface area contributed by atoms with Crippen molar-refractivity contribution in [3.63, 3.8) is 0 Å². The van der Waals surface area contributed by atoms with Crippen LogP contribution in [0.4, 0.5) is 23.2 Å². The lowest BCUT2D eigenvalue weighted by Gasteiger charge is -2.21. The van der Waals surface area contributed by atoms with E-state index in [1.165, 1.54) is 17.5 Å². The number of pyridine rings is 1. The van der Waals surface area contributed by atoms with E-state index in [0.29, 0.717) is 140 Å². The molecule has 2 amide bonds. The fraction of sp³-hybridized carbons (Fsp3) is 0.571. The Morgan fingerprint density at radius 2 is 1.07 bits per heavy atom. The van der Waals surface area contributed by atoms with Crippen LogP contribution in [0.15, 0.2) is 41.3 Å². The molecule has 0 radical (unpaired) electrons. The van der Waals surface area contributed by atoms with E-state index in [9.17, 15) is 31.9 Å². The van der Waals surface area contributed by atoms with Gasteiger partial charge in [-0.05, 0) is 25.5 Å². The smallest absolute Gasteiger partial charge is 0.313 e. The summed E-state index contributed by atoms with van der Waals surface area (Å²) in [7, 11) is 0. The number of carbonyl (C=O) groups is 3. The molecule has 75 heavy (non-hydrogen) atoms. The van der Waals surface area contributed by atoms with Crippen LogP contribution in [0.5, 0.6) is 5.75 Å². The molecule has 3 N–H and O–H groups in total. The Kier molecular flexibility index (Phi) is 30.7. The van der Waals surface area contributed by atoms with Crippen LogP contribution in [0.2, 0.25) is 0 Å². The van der Waals surface area contributed by atoms with Crippen LogP contribution in [-0.2, 0) is 61.8 Å². The minimum atomic E-state index is -1.80. The number of ether oxygens (including phenoxy) is 11. The Hall–Kier alpha value is -5.65. The normalized spacial score (nSPS) is 12.2. The summed E-state index contributed by atoms with van der Waals surface area (Å²) in [6, 6.07) is 1.79. The number of amidine groups is 1. The van der Waals surface area contributed by atoms with E-state index in [4.69, 9.17) is 57.9 Å². The molecule has 1 aliphatic heterocycles. The van der Waals surface area contributed by atoms with Gasteiger partial charge in [-0.15, -0.1) is 0 Å². The summed E-state index contributed by atoms with van der Waals surface area (Å²) in [6.45, 7) is 11.3. The average molecular weight is 1070 g/mol. The number of aliphatic imine (C=N–C) groups is 1. The third-order valence-electron chi connectivity index (χ3n) is 9.86. The van der Waals surface area contributed by atoms with Crippen molar-refractivity contribution in [3.8, 4) is 16.9 Å². The molecule has 4 rings (SSSR count). The van der Waals surface area contributed by atoms with E-state index < -0.39 is 47.3 Å². The second-order valence-electron chi connectivity index (χ2n) is 15.6. The van der Waals surface area contributed by atoms with Crippen LogP contribution in [-0.4, -0.2) is 195 Å². The lowest BCUT2D eigenvalue weighted by atomic mass is 10.1. The summed E-state index contributed by atoms with van der Waals surface area (Å²) in [5.74, 6) is -10.0. The van der Waals surface area contributed by atoms with Crippen LogP contribution in [0.25, 0.3) is 17.2 Å². The minimum absolute atomic E-state index is 0.00436.